The van der Waals surface area contributed by atoms with Crippen molar-refractivity contribution in [2.24, 2.45) is 0 Å². The highest BCUT2D eigenvalue weighted by molar-refractivity contribution is 9.09. The van der Waals surface area contributed by atoms with Crippen molar-refractivity contribution < 1.29 is 0 Å². The molecule has 0 spiro atoms. The number of thiophene rings is 3. The second kappa shape index (κ2) is 13.5. The first kappa shape index (κ1) is 23.7. The van der Waals surface area contributed by atoms with Gasteiger partial charge in [0.2, 0.25) is 0 Å². The molecule has 5 heteroatoms. The zero-order valence-electron chi connectivity index (χ0n) is 16.9. The molecule has 0 amide bonds. The lowest BCUT2D eigenvalue weighted by molar-refractivity contribution is 0.675. The number of unbranched alkanes of at least 4 members (excludes halogenated alkanes) is 6. The van der Waals surface area contributed by atoms with Crippen LogP contribution in [0.25, 0.3) is 20.2 Å². The molecule has 0 aliphatic heterocycles. The third-order valence-electron chi connectivity index (χ3n) is 5.09. The van der Waals surface area contributed by atoms with Gasteiger partial charge < -0.3 is 0 Å². The van der Waals surface area contributed by atoms with Gasteiger partial charge >= 0.3 is 0 Å². The topological polar surface area (TPSA) is 0 Å². The molecule has 0 unspecified atom stereocenters. The highest BCUT2D eigenvalue weighted by Gasteiger charge is 2.13. The van der Waals surface area contributed by atoms with Gasteiger partial charge in [-0.05, 0) is 74.2 Å². The van der Waals surface area contributed by atoms with Gasteiger partial charge in [0, 0.05) is 35.7 Å². The second-order valence-electron chi connectivity index (χ2n) is 7.40. The molecule has 0 aliphatic rings. The molecule has 3 aromatic rings. The van der Waals surface area contributed by atoms with Gasteiger partial charge in [-0.25, -0.2) is 0 Å². The summed E-state index contributed by atoms with van der Waals surface area (Å²) in [6, 6.07) is 11.7. The molecule has 0 radical (unpaired) electrons. The molecular formula is C24H30Br2S3. The molecule has 0 saturated heterocycles. The largest absolute Gasteiger partial charge is 0.142 e. The molecule has 0 aliphatic carbocycles. The van der Waals surface area contributed by atoms with Crippen LogP contribution < -0.4 is 0 Å². The molecule has 158 valence electrons. The van der Waals surface area contributed by atoms with Gasteiger partial charge in [-0.15, -0.1) is 34.0 Å². The molecule has 0 bridgehead atoms. The van der Waals surface area contributed by atoms with Crippen LogP contribution in [0.4, 0.5) is 0 Å². The van der Waals surface area contributed by atoms with Crippen molar-refractivity contribution in [2.75, 3.05) is 10.7 Å². The summed E-state index contributed by atoms with van der Waals surface area (Å²) in [5, 5.41) is 4.53. The van der Waals surface area contributed by atoms with Gasteiger partial charge in [0.05, 0.1) is 4.88 Å². The minimum atomic E-state index is 1.14. The summed E-state index contributed by atoms with van der Waals surface area (Å²) in [7, 11) is 0. The van der Waals surface area contributed by atoms with Crippen LogP contribution in [0, 0.1) is 0 Å². The highest BCUT2D eigenvalue weighted by atomic mass is 79.9. The lowest BCUT2D eigenvalue weighted by Crippen LogP contribution is -1.82. The Labute approximate surface area is 205 Å². The zero-order chi connectivity index (χ0) is 20.3. The predicted molar refractivity (Wildman–Crippen MR) is 143 cm³/mol. The van der Waals surface area contributed by atoms with E-state index < -0.39 is 0 Å². The zero-order valence-corrected chi connectivity index (χ0v) is 22.6. The van der Waals surface area contributed by atoms with Crippen molar-refractivity contribution in [1.82, 2.24) is 0 Å². The summed E-state index contributed by atoms with van der Waals surface area (Å²) in [5.41, 5.74) is 1.43. The van der Waals surface area contributed by atoms with Crippen molar-refractivity contribution in [1.29, 1.82) is 0 Å². The quantitative estimate of drug-likeness (QED) is 0.133. The van der Waals surface area contributed by atoms with Crippen LogP contribution in [0.1, 0.15) is 61.1 Å². The number of hydrogen-bond donors (Lipinski definition) is 0. The fraction of sp³-hybridized carbons (Fsp3) is 0.500. The van der Waals surface area contributed by atoms with Gasteiger partial charge in [0.15, 0.2) is 0 Å². The molecule has 0 N–H and O–H groups in total. The molecule has 0 atom stereocenters. The maximum absolute atomic E-state index is 3.52. The Bertz CT molecular complexity index is 764. The summed E-state index contributed by atoms with van der Waals surface area (Å²) in [6.07, 6.45) is 13.1. The number of aryl methyl sites for hydroxylation is 2. The smallest absolute Gasteiger partial charge is 0.0529 e. The first-order valence-corrected chi connectivity index (χ1v) is 15.4. The third-order valence-corrected chi connectivity index (χ3v) is 9.63. The average Bonchev–Trinajstić information content (AvgIpc) is 3.47. The van der Waals surface area contributed by atoms with Gasteiger partial charge in [-0.3, -0.25) is 0 Å². The lowest BCUT2D eigenvalue weighted by Gasteiger charge is -2.00. The van der Waals surface area contributed by atoms with Crippen LogP contribution in [-0.2, 0) is 12.8 Å². The minimum Gasteiger partial charge on any atom is -0.142 e. The van der Waals surface area contributed by atoms with Gasteiger partial charge in [-0.1, -0.05) is 57.5 Å². The summed E-state index contributed by atoms with van der Waals surface area (Å²) in [6.45, 7) is 0. The van der Waals surface area contributed by atoms with Crippen LogP contribution in [0.15, 0.2) is 35.7 Å². The molecule has 29 heavy (non-hydrogen) atoms. The minimum absolute atomic E-state index is 1.14. The van der Waals surface area contributed by atoms with Crippen molar-refractivity contribution in [3.8, 4) is 20.2 Å². The molecule has 3 heterocycles. The summed E-state index contributed by atoms with van der Waals surface area (Å²) >= 11 is 12.9. The van der Waals surface area contributed by atoms with Gasteiger partial charge in [-0.2, -0.15) is 0 Å². The molecule has 0 aromatic carbocycles. The van der Waals surface area contributed by atoms with Crippen molar-refractivity contribution in [3.63, 3.8) is 0 Å². The molecule has 0 fully saturated rings. The summed E-state index contributed by atoms with van der Waals surface area (Å²) in [4.78, 5) is 7.39. The van der Waals surface area contributed by atoms with E-state index >= 15 is 0 Å². The summed E-state index contributed by atoms with van der Waals surface area (Å²) < 4.78 is 0. The molecule has 3 aromatic heterocycles. The molecule has 0 nitrogen and oxygen atoms in total. The van der Waals surface area contributed by atoms with E-state index in [9.17, 15) is 0 Å². The van der Waals surface area contributed by atoms with Crippen LogP contribution in [-0.4, -0.2) is 10.7 Å². The van der Waals surface area contributed by atoms with Crippen LogP contribution in [0.2, 0.25) is 0 Å². The van der Waals surface area contributed by atoms with E-state index in [4.69, 9.17) is 0 Å². The Morgan fingerprint density at radius 3 is 1.76 bits per heavy atom. The SMILES string of the molecule is BrCCCCCCc1ccc(-c2ccsc2-c2ccc(CCCCCCBr)s2)s1. The van der Waals surface area contributed by atoms with E-state index in [1.807, 2.05) is 34.0 Å². The van der Waals surface area contributed by atoms with Crippen LogP contribution in [0.5, 0.6) is 0 Å². The van der Waals surface area contributed by atoms with Crippen LogP contribution >= 0.6 is 65.9 Å². The van der Waals surface area contributed by atoms with Crippen LogP contribution in [0.3, 0.4) is 0 Å². The monoisotopic (exact) mass is 572 g/mol. The Balaban J connectivity index is 1.57. The van der Waals surface area contributed by atoms with Crippen molar-refractivity contribution in [2.45, 2.75) is 64.2 Å². The standard InChI is InChI=1S/C24H30Br2S3/c25-16-7-3-1-5-9-19-11-13-22(28-19)21-15-18-27-24(21)23-14-12-20(29-23)10-6-2-4-8-17-26/h11-15,18H,1-10,16-17H2. The van der Waals surface area contributed by atoms with Gasteiger partial charge in [0.25, 0.3) is 0 Å². The number of alkyl halides is 2. The Kier molecular flexibility index (Phi) is 11.0. The second-order valence-corrected chi connectivity index (χ2v) is 12.2. The van der Waals surface area contributed by atoms with E-state index in [0.29, 0.717) is 0 Å². The van der Waals surface area contributed by atoms with E-state index in [1.54, 1.807) is 0 Å². The maximum atomic E-state index is 3.52. The predicted octanol–water partition coefficient (Wildman–Crippen LogP) is 10.2. The fourth-order valence-corrected chi connectivity index (χ4v) is 7.52. The number of hydrogen-bond acceptors (Lipinski definition) is 3. The highest BCUT2D eigenvalue weighted by Crippen LogP contribution is 2.42. The van der Waals surface area contributed by atoms with Crippen molar-refractivity contribution in [3.05, 3.63) is 45.5 Å². The molecule has 3 rings (SSSR count). The van der Waals surface area contributed by atoms with Crippen molar-refractivity contribution >= 4 is 65.9 Å². The van der Waals surface area contributed by atoms with E-state index in [1.165, 1.54) is 94.2 Å². The Hall–Kier alpha value is 0.0600. The normalized spacial score (nSPS) is 11.4. The fourth-order valence-electron chi connectivity index (χ4n) is 3.48. The first-order valence-electron chi connectivity index (χ1n) is 10.7. The Morgan fingerprint density at radius 2 is 1.14 bits per heavy atom. The Morgan fingerprint density at radius 1 is 0.586 bits per heavy atom. The van der Waals surface area contributed by atoms with E-state index in [-0.39, 0.29) is 0 Å². The molecule has 0 saturated carbocycles. The van der Waals surface area contributed by atoms with Gasteiger partial charge in [0.1, 0.15) is 0 Å². The number of halogens is 2. The van der Waals surface area contributed by atoms with E-state index in [2.05, 4.69) is 67.6 Å². The average molecular weight is 575 g/mol. The molecular weight excluding hydrogens is 544 g/mol. The summed E-state index contributed by atoms with van der Waals surface area (Å²) in [5.74, 6) is 0. The van der Waals surface area contributed by atoms with E-state index in [0.717, 1.165) is 10.7 Å². The maximum Gasteiger partial charge on any atom is 0.0529 e. The first-order chi connectivity index (χ1) is 14.3. The number of rotatable bonds is 14. The lowest BCUT2D eigenvalue weighted by atomic mass is 10.1. The third kappa shape index (κ3) is 7.60.